The predicted molar refractivity (Wildman–Crippen MR) is 128 cm³/mol. The summed E-state index contributed by atoms with van der Waals surface area (Å²) in [5, 5.41) is 8.37. The molecule has 3 aliphatic rings. The van der Waals surface area contributed by atoms with E-state index in [0.717, 1.165) is 28.7 Å². The van der Waals surface area contributed by atoms with Crippen molar-refractivity contribution in [3.63, 3.8) is 0 Å². The first kappa shape index (κ1) is 22.4. The zero-order chi connectivity index (χ0) is 24.0. The lowest BCUT2D eigenvalue weighted by molar-refractivity contribution is -0.114. The van der Waals surface area contributed by atoms with E-state index in [9.17, 15) is 13.2 Å². The molecule has 0 bridgehead atoms. The summed E-state index contributed by atoms with van der Waals surface area (Å²) in [5.41, 5.74) is 1.29. The molecule has 3 heterocycles. The van der Waals surface area contributed by atoms with E-state index >= 15 is 0 Å². The van der Waals surface area contributed by atoms with Gasteiger partial charge >= 0.3 is 0 Å². The molecule has 13 heteroatoms. The van der Waals surface area contributed by atoms with Gasteiger partial charge in [0.1, 0.15) is 18.2 Å². The molecule has 0 saturated heterocycles. The van der Waals surface area contributed by atoms with E-state index in [4.69, 9.17) is 31.2 Å². The van der Waals surface area contributed by atoms with Gasteiger partial charge < -0.3 is 14.2 Å². The van der Waals surface area contributed by atoms with Gasteiger partial charge in [0.25, 0.3) is 5.91 Å². The highest BCUT2D eigenvalue weighted by molar-refractivity contribution is 8.16. The lowest BCUT2D eigenvalue weighted by Gasteiger charge is -2.23. The lowest BCUT2D eigenvalue weighted by Crippen LogP contribution is -2.45. The van der Waals surface area contributed by atoms with Gasteiger partial charge in [0, 0.05) is 6.26 Å². The second-order valence-corrected chi connectivity index (χ2v) is 10.4. The molecule has 1 amide bonds. The monoisotopic (exact) mass is 518 g/mol. The first-order valence-corrected chi connectivity index (χ1v) is 12.7. The number of fused-ring (bicyclic) bond motifs is 2. The number of sulfone groups is 1. The molecule has 34 heavy (non-hydrogen) atoms. The summed E-state index contributed by atoms with van der Waals surface area (Å²) in [4.78, 5) is 17.4. The molecule has 0 spiro atoms. The van der Waals surface area contributed by atoms with Crippen molar-refractivity contribution in [1.82, 2.24) is 4.90 Å². The number of nitrogens with one attached hydrogen (secondary N) is 1. The first-order valence-electron chi connectivity index (χ1n) is 9.70. The van der Waals surface area contributed by atoms with Gasteiger partial charge in [0.05, 0.1) is 22.5 Å². The molecule has 0 radical (unpaired) electrons. The topological polar surface area (TPSA) is 131 Å². The van der Waals surface area contributed by atoms with E-state index in [0.29, 0.717) is 27.8 Å². The fraction of sp³-hybridized carbons (Fsp3) is 0.143. The Morgan fingerprint density at radius 2 is 2.03 bits per heavy atom. The van der Waals surface area contributed by atoms with Crippen LogP contribution in [0.4, 0.5) is 0 Å². The van der Waals surface area contributed by atoms with Crippen molar-refractivity contribution in [3.8, 4) is 17.2 Å². The van der Waals surface area contributed by atoms with E-state index in [-0.39, 0.29) is 35.1 Å². The molecule has 5 rings (SSSR count). The molecule has 0 aliphatic carbocycles. The number of carbonyl (C=O) groups is 1. The average Bonchev–Trinajstić information content (AvgIpc) is 3.42. The third-order valence-electron chi connectivity index (χ3n) is 4.92. The molecule has 2 aromatic carbocycles. The molecule has 0 atom stereocenters. The molecule has 0 unspecified atom stereocenters. The Morgan fingerprint density at radius 3 is 2.79 bits per heavy atom. The summed E-state index contributed by atoms with van der Waals surface area (Å²) in [6, 6.07) is 10.4. The van der Waals surface area contributed by atoms with Crippen LogP contribution in [0.25, 0.3) is 6.08 Å². The smallest absolute Gasteiger partial charge is 0.283 e. The zero-order valence-corrected chi connectivity index (χ0v) is 19.8. The van der Waals surface area contributed by atoms with Crippen LogP contribution in [0.1, 0.15) is 11.1 Å². The van der Waals surface area contributed by atoms with Crippen LogP contribution in [-0.4, -0.2) is 48.4 Å². The fourth-order valence-electron chi connectivity index (χ4n) is 3.32. The summed E-state index contributed by atoms with van der Waals surface area (Å²) in [6.07, 6.45) is 2.39. The quantitative estimate of drug-likeness (QED) is 0.482. The molecule has 0 aromatic heterocycles. The second kappa shape index (κ2) is 8.46. The molecule has 3 aliphatic heterocycles. The van der Waals surface area contributed by atoms with Crippen LogP contribution in [0.2, 0.25) is 5.02 Å². The number of hydrogen-bond acceptors (Lipinski definition) is 9. The Morgan fingerprint density at radius 1 is 1.24 bits per heavy atom. The molecule has 0 saturated carbocycles. The van der Waals surface area contributed by atoms with Crippen LogP contribution in [0, 0.1) is 5.41 Å². The SMILES string of the molecule is CS(=O)(=O)C1=NSC2=NC(=O)C(=Cc3ccc(OCc4ccc5c(c4)OCO5)c(Cl)c3)C(=N)N21. The van der Waals surface area contributed by atoms with Gasteiger partial charge in [-0.05, 0) is 41.5 Å². The first-order chi connectivity index (χ1) is 16.2. The van der Waals surface area contributed by atoms with Gasteiger partial charge in [-0.25, -0.2) is 13.3 Å². The third kappa shape index (κ3) is 4.15. The highest BCUT2D eigenvalue weighted by Gasteiger charge is 2.41. The normalized spacial score (nSPS) is 18.2. The van der Waals surface area contributed by atoms with Crippen LogP contribution in [-0.2, 0) is 21.2 Å². The number of aliphatic imine (C=N–C) groups is 1. The maximum atomic E-state index is 12.5. The Labute approximate surface area is 203 Å². The molecule has 10 nitrogen and oxygen atoms in total. The van der Waals surface area contributed by atoms with E-state index in [1.54, 1.807) is 24.3 Å². The molecule has 2 aromatic rings. The summed E-state index contributed by atoms with van der Waals surface area (Å²) >= 11 is 7.11. The van der Waals surface area contributed by atoms with Crippen LogP contribution >= 0.6 is 23.5 Å². The summed E-state index contributed by atoms with van der Waals surface area (Å²) in [7, 11) is -3.72. The predicted octanol–water partition coefficient (Wildman–Crippen LogP) is 3.27. The van der Waals surface area contributed by atoms with Gasteiger partial charge in [0.2, 0.25) is 27.0 Å². The minimum absolute atomic E-state index is 0.0258. The number of benzene rings is 2. The van der Waals surface area contributed by atoms with Crippen LogP contribution in [0.15, 0.2) is 51.4 Å². The van der Waals surface area contributed by atoms with Crippen molar-refractivity contribution < 1.29 is 27.4 Å². The van der Waals surface area contributed by atoms with Gasteiger partial charge in [-0.15, -0.1) is 0 Å². The number of halogens is 1. The molecular formula is C21H15ClN4O6S2. The number of amidine groups is 3. The van der Waals surface area contributed by atoms with Gasteiger partial charge in [-0.1, -0.05) is 23.7 Å². The largest absolute Gasteiger partial charge is 0.487 e. The number of amides is 1. The standard InChI is InChI=1S/C21H15ClN4O6S2/c1-34(28,29)21-25-33-20-24-19(27)13(18(23)26(20)21)6-11-2-4-15(14(22)7-11)30-9-12-3-5-16-17(8-12)32-10-31-16/h2-8,23H,9-10H2,1H3. The Bertz CT molecular complexity index is 1450. The molecule has 0 fully saturated rings. The number of ether oxygens (including phenoxy) is 3. The maximum Gasteiger partial charge on any atom is 0.283 e. The van der Waals surface area contributed by atoms with Crippen molar-refractivity contribution in [3.05, 3.63) is 58.1 Å². The van der Waals surface area contributed by atoms with Gasteiger partial charge in [-0.3, -0.25) is 10.2 Å². The number of hydrogen-bond donors (Lipinski definition) is 1. The van der Waals surface area contributed by atoms with Crippen molar-refractivity contribution >= 4 is 61.5 Å². The maximum absolute atomic E-state index is 12.5. The molecule has 174 valence electrons. The molecule has 1 N–H and O–H groups in total. The Balaban J connectivity index is 1.35. The van der Waals surface area contributed by atoms with E-state index < -0.39 is 15.7 Å². The number of carbonyl (C=O) groups excluding carboxylic acids is 1. The molecular weight excluding hydrogens is 504 g/mol. The highest BCUT2D eigenvalue weighted by atomic mass is 35.5. The van der Waals surface area contributed by atoms with E-state index in [1.165, 1.54) is 6.08 Å². The Hall–Kier alpha value is -3.35. The van der Waals surface area contributed by atoms with Crippen LogP contribution < -0.4 is 14.2 Å². The lowest BCUT2D eigenvalue weighted by atomic mass is 10.1. The number of rotatable bonds is 4. The number of nitrogens with zero attached hydrogens (tertiary/aromatic N) is 3. The van der Waals surface area contributed by atoms with Gasteiger partial charge in [0.15, 0.2) is 11.5 Å². The van der Waals surface area contributed by atoms with Crippen molar-refractivity contribution in [2.45, 2.75) is 6.61 Å². The second-order valence-electron chi connectivity index (χ2n) is 7.35. The van der Waals surface area contributed by atoms with Crippen LogP contribution in [0.5, 0.6) is 17.2 Å². The highest BCUT2D eigenvalue weighted by Crippen LogP contribution is 2.34. The minimum Gasteiger partial charge on any atom is -0.487 e. The average molecular weight is 519 g/mol. The Kier molecular flexibility index (Phi) is 5.58. The summed E-state index contributed by atoms with van der Waals surface area (Å²) in [5.74, 6) is 0.756. The van der Waals surface area contributed by atoms with Gasteiger partial charge in [-0.2, -0.15) is 9.39 Å². The zero-order valence-electron chi connectivity index (χ0n) is 17.4. The third-order valence-corrected chi connectivity index (χ3v) is 6.97. The summed E-state index contributed by atoms with van der Waals surface area (Å²) < 4.78 is 44.3. The fourth-order valence-corrected chi connectivity index (χ4v) is 5.41. The summed E-state index contributed by atoms with van der Waals surface area (Å²) in [6.45, 7) is 0.436. The van der Waals surface area contributed by atoms with Crippen molar-refractivity contribution in [1.29, 1.82) is 5.41 Å². The van der Waals surface area contributed by atoms with E-state index in [1.807, 2.05) is 12.1 Å². The minimum atomic E-state index is -3.72. The van der Waals surface area contributed by atoms with Crippen molar-refractivity contribution in [2.75, 3.05) is 13.0 Å². The van der Waals surface area contributed by atoms with Crippen molar-refractivity contribution in [2.24, 2.45) is 9.39 Å². The van der Waals surface area contributed by atoms with Crippen LogP contribution in [0.3, 0.4) is 0 Å². The van der Waals surface area contributed by atoms with E-state index in [2.05, 4.69) is 9.39 Å².